The van der Waals surface area contributed by atoms with E-state index in [1.165, 1.54) is 5.94 Å². The Morgan fingerprint density at radius 2 is 2.25 bits per heavy atom. The van der Waals surface area contributed by atoms with E-state index < -0.39 is 5.97 Å². The van der Waals surface area contributed by atoms with Crippen molar-refractivity contribution in [2.75, 3.05) is 19.8 Å². The van der Waals surface area contributed by atoms with Gasteiger partial charge in [-0.2, -0.15) is 0 Å². The highest BCUT2D eigenvalue weighted by molar-refractivity contribution is 5.73. The molecule has 0 saturated carbocycles. The number of esters is 1. The van der Waals surface area contributed by atoms with Crippen LogP contribution in [-0.4, -0.2) is 31.7 Å². The van der Waals surface area contributed by atoms with Crippen LogP contribution < -0.4 is 0 Å². The molecular formula is C8H11O4. The normalized spacial score (nSPS) is 8.75. The van der Waals surface area contributed by atoms with Crippen molar-refractivity contribution in [3.63, 3.8) is 0 Å². The van der Waals surface area contributed by atoms with E-state index in [-0.39, 0.29) is 13.0 Å². The summed E-state index contributed by atoms with van der Waals surface area (Å²) in [6.07, 6.45) is 1.04. The van der Waals surface area contributed by atoms with Gasteiger partial charge in [0.25, 0.3) is 0 Å². The first-order valence-corrected chi connectivity index (χ1v) is 3.53. The van der Waals surface area contributed by atoms with Gasteiger partial charge in [-0.3, -0.25) is 4.79 Å². The zero-order valence-corrected chi connectivity index (χ0v) is 6.75. The number of rotatable bonds is 6. The van der Waals surface area contributed by atoms with Crippen LogP contribution in [0, 0.1) is 6.92 Å². The van der Waals surface area contributed by atoms with Crippen molar-refractivity contribution in [2.45, 2.75) is 6.42 Å². The van der Waals surface area contributed by atoms with E-state index in [0.29, 0.717) is 13.2 Å². The van der Waals surface area contributed by atoms with Crippen LogP contribution in [0.15, 0.2) is 6.08 Å². The lowest BCUT2D eigenvalue weighted by Crippen LogP contribution is -2.09. The van der Waals surface area contributed by atoms with Crippen molar-refractivity contribution in [2.24, 2.45) is 0 Å². The SMILES string of the molecule is [CH2]COCCOC(=O)CC=C=O. The fourth-order valence-electron chi connectivity index (χ4n) is 0.500. The molecule has 12 heavy (non-hydrogen) atoms. The summed E-state index contributed by atoms with van der Waals surface area (Å²) in [4.78, 5) is 20.3. The fourth-order valence-corrected chi connectivity index (χ4v) is 0.500. The van der Waals surface area contributed by atoms with Gasteiger partial charge in [0.15, 0.2) is 0 Å². The zero-order chi connectivity index (χ0) is 9.23. The summed E-state index contributed by atoms with van der Waals surface area (Å²) in [5, 5.41) is 0. The summed E-state index contributed by atoms with van der Waals surface area (Å²) < 4.78 is 9.46. The minimum Gasteiger partial charge on any atom is -0.463 e. The molecule has 0 heterocycles. The quantitative estimate of drug-likeness (QED) is 0.324. The summed E-state index contributed by atoms with van der Waals surface area (Å²) >= 11 is 0. The second-order valence-corrected chi connectivity index (χ2v) is 1.86. The van der Waals surface area contributed by atoms with E-state index >= 15 is 0 Å². The summed E-state index contributed by atoms with van der Waals surface area (Å²) in [6.45, 7) is 4.31. The minimum absolute atomic E-state index is 0.0339. The average molecular weight is 171 g/mol. The molecule has 4 nitrogen and oxygen atoms in total. The molecule has 0 amide bonds. The van der Waals surface area contributed by atoms with E-state index in [2.05, 4.69) is 11.7 Å². The summed E-state index contributed by atoms with van der Waals surface area (Å²) in [7, 11) is 0. The maximum Gasteiger partial charge on any atom is 0.310 e. The second kappa shape index (κ2) is 7.98. The lowest BCUT2D eigenvalue weighted by molar-refractivity contribution is -0.144. The van der Waals surface area contributed by atoms with Crippen LogP contribution in [0.3, 0.4) is 0 Å². The smallest absolute Gasteiger partial charge is 0.310 e. The molecule has 0 N–H and O–H groups in total. The van der Waals surface area contributed by atoms with Gasteiger partial charge in [-0.25, -0.2) is 4.79 Å². The highest BCUT2D eigenvalue weighted by Gasteiger charge is 1.98. The van der Waals surface area contributed by atoms with Gasteiger partial charge in [-0.15, -0.1) is 0 Å². The monoisotopic (exact) mass is 171 g/mol. The third kappa shape index (κ3) is 6.99. The van der Waals surface area contributed by atoms with Crippen molar-refractivity contribution in [1.82, 2.24) is 0 Å². The molecule has 0 aliphatic heterocycles. The van der Waals surface area contributed by atoms with Gasteiger partial charge in [-0.05, 0) is 6.92 Å². The van der Waals surface area contributed by atoms with E-state index in [9.17, 15) is 9.59 Å². The molecular weight excluding hydrogens is 160 g/mol. The molecule has 0 aromatic carbocycles. The molecule has 0 aliphatic rings. The van der Waals surface area contributed by atoms with Gasteiger partial charge in [-0.1, -0.05) is 0 Å². The number of carbonyl (C=O) groups excluding carboxylic acids is 2. The Morgan fingerprint density at radius 1 is 1.50 bits per heavy atom. The van der Waals surface area contributed by atoms with Gasteiger partial charge >= 0.3 is 5.97 Å². The Labute approximate surface area is 71.2 Å². The molecule has 0 unspecified atom stereocenters. The van der Waals surface area contributed by atoms with Crippen LogP contribution in [0.25, 0.3) is 0 Å². The maximum atomic E-state index is 10.7. The number of hydrogen-bond donors (Lipinski definition) is 0. The Hall–Kier alpha value is -1.12. The first kappa shape index (κ1) is 10.9. The average Bonchev–Trinajstić information content (AvgIpc) is 2.09. The molecule has 0 aromatic heterocycles. The molecule has 0 rings (SSSR count). The Morgan fingerprint density at radius 3 is 2.83 bits per heavy atom. The predicted molar refractivity (Wildman–Crippen MR) is 42.0 cm³/mol. The topological polar surface area (TPSA) is 52.6 Å². The predicted octanol–water partition coefficient (Wildman–Crippen LogP) is 0.158. The number of carbonyl (C=O) groups is 1. The Kier molecular flexibility index (Phi) is 7.24. The summed E-state index contributed by atoms with van der Waals surface area (Å²) in [6, 6.07) is 0. The van der Waals surface area contributed by atoms with Gasteiger partial charge < -0.3 is 9.47 Å². The maximum absolute atomic E-state index is 10.7. The van der Waals surface area contributed by atoms with Crippen LogP contribution in [-0.2, 0) is 19.1 Å². The highest BCUT2D eigenvalue weighted by Crippen LogP contribution is 1.86. The van der Waals surface area contributed by atoms with Crippen LogP contribution in [0.4, 0.5) is 0 Å². The standard InChI is InChI=1S/C8H11O4/c1-2-11-6-7-12-8(10)4-3-5-9/h3H,1-2,4,6-7H2. The van der Waals surface area contributed by atoms with E-state index in [4.69, 9.17) is 4.74 Å². The molecule has 0 spiro atoms. The zero-order valence-electron chi connectivity index (χ0n) is 6.75. The van der Waals surface area contributed by atoms with E-state index in [0.717, 1.165) is 6.08 Å². The lowest BCUT2D eigenvalue weighted by Gasteiger charge is -2.01. The van der Waals surface area contributed by atoms with Gasteiger partial charge in [0.05, 0.1) is 13.0 Å². The fraction of sp³-hybridized carbons (Fsp3) is 0.500. The molecule has 0 fully saturated rings. The largest absolute Gasteiger partial charge is 0.463 e. The van der Waals surface area contributed by atoms with Crippen LogP contribution in [0.2, 0.25) is 0 Å². The molecule has 0 aromatic rings. The Balaban J connectivity index is 3.25. The van der Waals surface area contributed by atoms with Gasteiger partial charge in [0.2, 0.25) is 0 Å². The first-order chi connectivity index (χ1) is 5.81. The van der Waals surface area contributed by atoms with Gasteiger partial charge in [0.1, 0.15) is 12.5 Å². The molecule has 67 valence electrons. The minimum atomic E-state index is -0.453. The van der Waals surface area contributed by atoms with Gasteiger partial charge in [0, 0.05) is 12.7 Å². The molecule has 0 saturated heterocycles. The first-order valence-electron chi connectivity index (χ1n) is 3.53. The number of ether oxygens (including phenoxy) is 2. The highest BCUT2D eigenvalue weighted by atomic mass is 16.6. The van der Waals surface area contributed by atoms with Crippen LogP contribution >= 0.6 is 0 Å². The van der Waals surface area contributed by atoms with Crippen molar-refractivity contribution in [1.29, 1.82) is 0 Å². The second-order valence-electron chi connectivity index (χ2n) is 1.86. The van der Waals surface area contributed by atoms with Crippen molar-refractivity contribution in [3.8, 4) is 0 Å². The third-order valence-electron chi connectivity index (χ3n) is 0.987. The van der Waals surface area contributed by atoms with Crippen LogP contribution in [0.5, 0.6) is 0 Å². The third-order valence-corrected chi connectivity index (χ3v) is 0.987. The summed E-state index contributed by atoms with van der Waals surface area (Å²) in [5.74, 6) is 1.03. The molecule has 4 heteroatoms. The van der Waals surface area contributed by atoms with Crippen molar-refractivity contribution < 1.29 is 19.1 Å². The van der Waals surface area contributed by atoms with E-state index in [1.54, 1.807) is 0 Å². The van der Waals surface area contributed by atoms with Crippen LogP contribution in [0.1, 0.15) is 6.42 Å². The number of hydrogen-bond acceptors (Lipinski definition) is 4. The molecule has 0 aliphatic carbocycles. The molecule has 1 radical (unpaired) electrons. The Bertz CT molecular complexity index is 170. The lowest BCUT2D eigenvalue weighted by atomic mass is 10.4. The van der Waals surface area contributed by atoms with Crippen molar-refractivity contribution >= 4 is 11.9 Å². The van der Waals surface area contributed by atoms with E-state index in [1.807, 2.05) is 0 Å². The van der Waals surface area contributed by atoms with Crippen molar-refractivity contribution in [3.05, 3.63) is 13.0 Å². The summed E-state index contributed by atoms with van der Waals surface area (Å²) in [5.41, 5.74) is 0. The molecule has 0 atom stereocenters. The molecule has 0 bridgehead atoms.